The highest BCUT2D eigenvalue weighted by atomic mass is 16.6. The Kier molecular flexibility index (Phi) is 12.9. The number of ether oxygens (including phenoxy) is 4. The molecule has 0 heterocycles. The Labute approximate surface area is 236 Å². The van der Waals surface area contributed by atoms with Crippen molar-refractivity contribution in [2.75, 3.05) is 13.2 Å². The van der Waals surface area contributed by atoms with Crippen molar-refractivity contribution in [1.29, 1.82) is 0 Å². The third kappa shape index (κ3) is 10.1. The highest BCUT2D eigenvalue weighted by Crippen LogP contribution is 2.24. The van der Waals surface area contributed by atoms with E-state index in [1.807, 2.05) is 77.9 Å². The van der Waals surface area contributed by atoms with Gasteiger partial charge in [-0.25, -0.2) is 9.59 Å². The second-order valence-corrected chi connectivity index (χ2v) is 10.6. The van der Waals surface area contributed by atoms with Gasteiger partial charge in [-0.3, -0.25) is 11.5 Å². The molecule has 40 heavy (non-hydrogen) atoms. The molecule has 0 aliphatic heterocycles. The molecule has 0 aliphatic carbocycles. The molecule has 222 valence electrons. The van der Waals surface area contributed by atoms with E-state index in [1.54, 1.807) is 0 Å². The number of benzene rings is 2. The zero-order valence-electron chi connectivity index (χ0n) is 24.3. The summed E-state index contributed by atoms with van der Waals surface area (Å²) in [5, 5.41) is 20.3. The first kappa shape index (κ1) is 33.0. The van der Waals surface area contributed by atoms with Crippen molar-refractivity contribution in [3.8, 4) is 11.5 Å². The number of hydrogen-bond donors (Lipinski definition) is 4. The van der Waals surface area contributed by atoms with Gasteiger partial charge in [0.25, 0.3) is 0 Å². The lowest BCUT2D eigenvalue weighted by molar-refractivity contribution is -0.179. The second kappa shape index (κ2) is 15.6. The van der Waals surface area contributed by atoms with E-state index in [-0.39, 0.29) is 24.7 Å². The van der Waals surface area contributed by atoms with Crippen LogP contribution < -0.4 is 20.9 Å². The quantitative estimate of drug-likeness (QED) is 0.188. The largest absolute Gasteiger partial charge is 0.493 e. The maximum atomic E-state index is 12.3. The Balaban J connectivity index is 1.75. The number of esters is 2. The van der Waals surface area contributed by atoms with Crippen molar-refractivity contribution in [2.45, 2.75) is 79.0 Å². The van der Waals surface area contributed by atoms with Crippen molar-refractivity contribution in [3.63, 3.8) is 0 Å². The van der Waals surface area contributed by atoms with Crippen LogP contribution in [0, 0.1) is 39.5 Å². The van der Waals surface area contributed by atoms with E-state index in [4.69, 9.17) is 30.4 Å². The van der Waals surface area contributed by atoms with Crippen LogP contribution in [-0.2, 0) is 19.1 Å². The van der Waals surface area contributed by atoms with Gasteiger partial charge in [-0.15, -0.1) is 0 Å². The summed E-state index contributed by atoms with van der Waals surface area (Å²) < 4.78 is 21.9. The molecule has 0 bridgehead atoms. The van der Waals surface area contributed by atoms with Crippen LogP contribution in [0.3, 0.4) is 0 Å². The Hall–Kier alpha value is -3.18. The van der Waals surface area contributed by atoms with Gasteiger partial charge in [-0.05, 0) is 61.8 Å². The summed E-state index contributed by atoms with van der Waals surface area (Å²) in [5.41, 5.74) is 15.8. The summed E-state index contributed by atoms with van der Waals surface area (Å²) in [6.07, 6.45) is -6.06. The molecule has 6 atom stereocenters. The zero-order chi connectivity index (χ0) is 30.0. The smallest absolute Gasteiger partial charge is 0.339 e. The molecule has 0 saturated carbocycles. The first-order chi connectivity index (χ1) is 18.8. The molecular weight excluding hydrogens is 516 g/mol. The normalized spacial score (nSPS) is 15.8. The highest BCUT2D eigenvalue weighted by Gasteiger charge is 2.35. The summed E-state index contributed by atoms with van der Waals surface area (Å²) in [5.74, 6) is -1.09. The molecule has 6 unspecified atom stereocenters. The van der Waals surface area contributed by atoms with Gasteiger partial charge in [0.2, 0.25) is 0 Å². The monoisotopic (exact) mass is 560 g/mol. The maximum absolute atomic E-state index is 12.3. The van der Waals surface area contributed by atoms with Gasteiger partial charge in [-0.1, -0.05) is 50.2 Å². The summed E-state index contributed by atoms with van der Waals surface area (Å²) in [6.45, 7) is 12.2. The number of carbonyl (C=O) groups excluding carboxylic acids is 2. The first-order valence-corrected chi connectivity index (χ1v) is 13.5. The van der Waals surface area contributed by atoms with Gasteiger partial charge in [-0.2, -0.15) is 0 Å². The van der Waals surface area contributed by atoms with Gasteiger partial charge >= 0.3 is 11.9 Å². The number of aliphatic hydroxyl groups excluding tert-OH is 2. The molecule has 2 rings (SSSR count). The van der Waals surface area contributed by atoms with E-state index in [0.717, 1.165) is 33.8 Å². The number of carbonyl (C=O) groups is 2. The zero-order valence-corrected chi connectivity index (χ0v) is 24.3. The Morgan fingerprint density at radius 1 is 0.675 bits per heavy atom. The fraction of sp³-hybridized carbons (Fsp3) is 0.533. The summed E-state index contributed by atoms with van der Waals surface area (Å²) in [7, 11) is 0. The lowest BCUT2D eigenvalue weighted by atomic mass is 10.1. The number of rotatable bonds is 15. The topological polar surface area (TPSA) is 164 Å². The summed E-state index contributed by atoms with van der Waals surface area (Å²) in [4.78, 5) is 24.6. The predicted octanol–water partition coefficient (Wildman–Crippen LogP) is 2.81. The lowest BCUT2D eigenvalue weighted by Gasteiger charge is -2.23. The minimum atomic E-state index is -2.18. The van der Waals surface area contributed by atoms with Crippen LogP contribution in [0.2, 0.25) is 0 Å². The lowest BCUT2D eigenvalue weighted by Crippen LogP contribution is -2.46. The van der Waals surface area contributed by atoms with Gasteiger partial charge < -0.3 is 29.2 Å². The van der Waals surface area contributed by atoms with E-state index in [2.05, 4.69) is 0 Å². The number of hydrogen-bond acceptors (Lipinski definition) is 10. The maximum Gasteiger partial charge on any atom is 0.339 e. The molecule has 10 heteroatoms. The van der Waals surface area contributed by atoms with E-state index >= 15 is 0 Å². The third-order valence-electron chi connectivity index (χ3n) is 6.43. The Morgan fingerprint density at radius 2 is 0.975 bits per heavy atom. The van der Waals surface area contributed by atoms with Crippen molar-refractivity contribution >= 4 is 11.9 Å². The van der Waals surface area contributed by atoms with Crippen LogP contribution in [0.5, 0.6) is 11.5 Å². The average molecular weight is 561 g/mol. The molecule has 2 aromatic carbocycles. The Morgan fingerprint density at radius 3 is 1.27 bits per heavy atom. The first-order valence-electron chi connectivity index (χ1n) is 13.5. The van der Waals surface area contributed by atoms with Gasteiger partial charge in [0.05, 0.1) is 13.2 Å². The van der Waals surface area contributed by atoms with Crippen LogP contribution in [0.15, 0.2) is 36.4 Å². The molecule has 0 aliphatic rings. The predicted molar refractivity (Wildman–Crippen MR) is 151 cm³/mol. The van der Waals surface area contributed by atoms with Crippen molar-refractivity contribution < 1.29 is 38.7 Å². The van der Waals surface area contributed by atoms with Crippen LogP contribution in [0.1, 0.15) is 48.9 Å². The number of aliphatic hydroxyl groups is 2. The van der Waals surface area contributed by atoms with E-state index in [1.165, 1.54) is 0 Å². The molecule has 2 aromatic rings. The third-order valence-corrected chi connectivity index (χ3v) is 6.43. The molecule has 6 N–H and O–H groups in total. The molecule has 10 nitrogen and oxygen atoms in total. The van der Waals surface area contributed by atoms with Gasteiger partial charge in [0.15, 0.2) is 24.7 Å². The van der Waals surface area contributed by atoms with Gasteiger partial charge in [0, 0.05) is 12.8 Å². The van der Waals surface area contributed by atoms with Crippen molar-refractivity contribution in [3.05, 3.63) is 58.7 Å². The SMILES string of the molecule is Cc1cccc(C)c1OCC(C)CC(N)OC(=O)C(O)C(O)C(=O)OC(N)CC(C)COc1c(C)cccc1C. The molecule has 0 saturated heterocycles. The van der Waals surface area contributed by atoms with Crippen LogP contribution >= 0.6 is 0 Å². The van der Waals surface area contributed by atoms with Crippen molar-refractivity contribution in [1.82, 2.24) is 0 Å². The molecule has 0 fully saturated rings. The second-order valence-electron chi connectivity index (χ2n) is 10.6. The fourth-order valence-corrected chi connectivity index (χ4v) is 4.23. The standard InChI is InChI=1S/C30H44N2O8/c1-17(15-37-27-19(3)9-7-10-20(27)4)13-23(31)39-29(35)25(33)26(34)30(36)40-24(32)14-18(2)16-38-28-21(5)11-8-12-22(28)6/h7-12,17-18,23-26,33-34H,13-16,31-32H2,1-6H3. The highest BCUT2D eigenvalue weighted by molar-refractivity contribution is 5.85. The summed E-state index contributed by atoms with van der Waals surface area (Å²) in [6, 6.07) is 11.7. The fourth-order valence-electron chi connectivity index (χ4n) is 4.23. The molecular formula is C30H44N2O8. The van der Waals surface area contributed by atoms with Crippen LogP contribution in [-0.4, -0.2) is 60.0 Å². The van der Waals surface area contributed by atoms with Crippen LogP contribution in [0.25, 0.3) is 0 Å². The molecule has 0 amide bonds. The number of para-hydroxylation sites is 2. The number of aryl methyl sites for hydroxylation is 4. The number of nitrogens with two attached hydrogens (primary N) is 2. The van der Waals surface area contributed by atoms with Gasteiger partial charge in [0.1, 0.15) is 11.5 Å². The molecule has 0 spiro atoms. The Bertz CT molecular complexity index is 997. The molecule has 0 aromatic heterocycles. The minimum Gasteiger partial charge on any atom is -0.493 e. The van der Waals surface area contributed by atoms with E-state index in [0.29, 0.717) is 13.2 Å². The average Bonchev–Trinajstić information content (AvgIpc) is 2.86. The van der Waals surface area contributed by atoms with E-state index in [9.17, 15) is 19.8 Å². The summed E-state index contributed by atoms with van der Waals surface area (Å²) >= 11 is 0. The minimum absolute atomic E-state index is 0.0903. The van der Waals surface area contributed by atoms with Crippen molar-refractivity contribution in [2.24, 2.45) is 23.3 Å². The molecule has 0 radical (unpaired) electrons. The van der Waals surface area contributed by atoms with Crippen LogP contribution in [0.4, 0.5) is 0 Å². The van der Waals surface area contributed by atoms with E-state index < -0.39 is 36.6 Å².